The van der Waals surface area contributed by atoms with E-state index < -0.39 is 81.4 Å². The van der Waals surface area contributed by atoms with Crippen molar-refractivity contribution in [3.05, 3.63) is 24.0 Å². The van der Waals surface area contributed by atoms with E-state index in [0.717, 1.165) is 0 Å². The fraction of sp³-hybridized carbons (Fsp3) is 0.720. The average Bonchev–Trinajstić information content (AvgIpc) is 3.38. The maximum atomic E-state index is 14.4. The standard InChI is InChI=1S/C25H33NO9/c1-12(2)24(33)17(34-18(29)14-7-6-10-26-14)16(28)20(4)11-23(32)21(24,5)19(30)25(35-23)15(27)13(3)8-9-22(20,25)31/h6-7,10,12-13,15,17,26-27,31-33H,8-9,11H2,1-5H3. The van der Waals surface area contributed by atoms with Crippen molar-refractivity contribution in [2.24, 2.45) is 22.7 Å². The first kappa shape index (κ1) is 24.6. The molecule has 3 heterocycles. The van der Waals surface area contributed by atoms with Crippen LogP contribution in [0.3, 0.4) is 0 Å². The highest BCUT2D eigenvalue weighted by molar-refractivity contribution is 6.06. The second-order valence-electron chi connectivity index (χ2n) is 11.6. The fourth-order valence-corrected chi connectivity index (χ4v) is 7.57. The molecule has 192 valence electrons. The third-order valence-corrected chi connectivity index (χ3v) is 9.85. The molecule has 1 aromatic heterocycles. The normalized spacial score (nSPS) is 50.9. The smallest absolute Gasteiger partial charge is 0.355 e. The van der Waals surface area contributed by atoms with Crippen LogP contribution in [0.25, 0.3) is 0 Å². The Morgan fingerprint density at radius 2 is 1.89 bits per heavy atom. The highest BCUT2D eigenvalue weighted by Crippen LogP contribution is 2.73. The predicted octanol–water partition coefficient (Wildman–Crippen LogP) is 0.475. The van der Waals surface area contributed by atoms with Gasteiger partial charge in [0.05, 0.1) is 11.5 Å². The number of aromatic amines is 1. The summed E-state index contributed by atoms with van der Waals surface area (Å²) in [6.45, 7) is 7.45. The van der Waals surface area contributed by atoms with Gasteiger partial charge in [-0.15, -0.1) is 0 Å². The minimum absolute atomic E-state index is 0.0244. The summed E-state index contributed by atoms with van der Waals surface area (Å²) in [5.41, 5.74) is -11.1. The monoisotopic (exact) mass is 491 g/mol. The maximum absolute atomic E-state index is 14.4. The molecule has 1 aromatic rings. The van der Waals surface area contributed by atoms with Crippen LogP contribution in [0.15, 0.2) is 18.3 Å². The summed E-state index contributed by atoms with van der Waals surface area (Å²) in [4.78, 5) is 44.5. The van der Waals surface area contributed by atoms with E-state index in [1.165, 1.54) is 26.1 Å². The molecule has 10 heteroatoms. The van der Waals surface area contributed by atoms with Crippen molar-refractivity contribution in [3.63, 3.8) is 0 Å². The van der Waals surface area contributed by atoms with Crippen molar-refractivity contribution in [3.8, 4) is 0 Å². The first-order valence-corrected chi connectivity index (χ1v) is 12.1. The zero-order valence-corrected chi connectivity index (χ0v) is 20.5. The van der Waals surface area contributed by atoms with Crippen LogP contribution >= 0.6 is 0 Å². The molecule has 35 heavy (non-hydrogen) atoms. The van der Waals surface area contributed by atoms with Crippen LogP contribution in [-0.4, -0.2) is 77.7 Å². The van der Waals surface area contributed by atoms with Crippen LogP contribution in [-0.2, 0) is 19.1 Å². The number of fused-ring (bicyclic) bond motifs is 2. The Morgan fingerprint density at radius 1 is 1.23 bits per heavy atom. The molecule has 9 atom stereocenters. The highest BCUT2D eigenvalue weighted by atomic mass is 16.7. The Morgan fingerprint density at radius 3 is 2.46 bits per heavy atom. The number of esters is 1. The lowest BCUT2D eigenvalue weighted by Gasteiger charge is -2.61. The minimum atomic E-state index is -2.43. The molecular weight excluding hydrogens is 458 g/mol. The summed E-state index contributed by atoms with van der Waals surface area (Å²) < 4.78 is 11.7. The number of aromatic nitrogens is 1. The van der Waals surface area contributed by atoms with Gasteiger partial charge in [0.1, 0.15) is 22.3 Å². The number of rotatable bonds is 3. The first-order chi connectivity index (χ1) is 16.1. The molecule has 2 aliphatic carbocycles. The molecule has 2 saturated heterocycles. The van der Waals surface area contributed by atoms with E-state index in [2.05, 4.69) is 4.98 Å². The van der Waals surface area contributed by atoms with Crippen molar-refractivity contribution in [1.29, 1.82) is 0 Å². The summed E-state index contributed by atoms with van der Waals surface area (Å²) in [5, 5.41) is 47.8. The Labute approximate surface area is 202 Å². The molecular formula is C25H33NO9. The van der Waals surface area contributed by atoms with Gasteiger partial charge in [0.25, 0.3) is 0 Å². The quantitative estimate of drug-likeness (QED) is 0.378. The van der Waals surface area contributed by atoms with Gasteiger partial charge in [-0.25, -0.2) is 4.79 Å². The van der Waals surface area contributed by atoms with Gasteiger partial charge in [-0.2, -0.15) is 0 Å². The second-order valence-corrected chi connectivity index (χ2v) is 11.6. The van der Waals surface area contributed by atoms with Gasteiger partial charge in [-0.05, 0) is 50.7 Å². The van der Waals surface area contributed by atoms with Crippen LogP contribution in [0.1, 0.15) is 64.4 Å². The molecule has 0 aromatic carbocycles. The predicted molar refractivity (Wildman–Crippen MR) is 119 cm³/mol. The van der Waals surface area contributed by atoms with Crippen molar-refractivity contribution in [1.82, 2.24) is 4.98 Å². The van der Waals surface area contributed by atoms with Crippen molar-refractivity contribution < 1.29 is 44.3 Å². The molecule has 2 aliphatic heterocycles. The van der Waals surface area contributed by atoms with E-state index >= 15 is 0 Å². The molecule has 2 saturated carbocycles. The Balaban J connectivity index is 1.81. The van der Waals surface area contributed by atoms with Gasteiger partial charge in [0.15, 0.2) is 29.1 Å². The largest absolute Gasteiger partial charge is 0.446 e. The van der Waals surface area contributed by atoms with E-state index in [0.29, 0.717) is 0 Å². The van der Waals surface area contributed by atoms with Gasteiger partial charge >= 0.3 is 5.97 Å². The molecule has 9 unspecified atom stereocenters. The molecule has 5 rings (SSSR count). The van der Waals surface area contributed by atoms with Crippen molar-refractivity contribution in [2.45, 2.75) is 88.7 Å². The highest BCUT2D eigenvalue weighted by Gasteiger charge is 2.92. The van der Waals surface area contributed by atoms with Gasteiger partial charge < -0.3 is 34.9 Å². The number of H-pyrrole nitrogens is 1. The first-order valence-electron chi connectivity index (χ1n) is 12.1. The molecule has 1 spiro atoms. The molecule has 4 fully saturated rings. The topological polar surface area (TPSA) is 166 Å². The number of hydrogen-bond acceptors (Lipinski definition) is 9. The summed E-state index contributed by atoms with van der Waals surface area (Å²) >= 11 is 0. The van der Waals surface area contributed by atoms with Crippen LogP contribution in [0.5, 0.6) is 0 Å². The minimum Gasteiger partial charge on any atom is -0.446 e. The van der Waals surface area contributed by atoms with Crippen molar-refractivity contribution >= 4 is 17.5 Å². The van der Waals surface area contributed by atoms with Crippen LogP contribution in [0, 0.1) is 22.7 Å². The van der Waals surface area contributed by atoms with E-state index in [-0.39, 0.29) is 18.5 Å². The molecule has 3 bridgehead atoms. The molecule has 5 N–H and O–H groups in total. The third kappa shape index (κ3) is 2.32. The number of hydrogen-bond donors (Lipinski definition) is 5. The lowest BCUT2D eigenvalue weighted by Crippen LogP contribution is -2.80. The third-order valence-electron chi connectivity index (χ3n) is 9.85. The van der Waals surface area contributed by atoms with E-state index in [1.807, 2.05) is 0 Å². The zero-order valence-electron chi connectivity index (χ0n) is 20.5. The van der Waals surface area contributed by atoms with Crippen molar-refractivity contribution in [2.75, 3.05) is 0 Å². The molecule has 0 radical (unpaired) electrons. The SMILES string of the molecule is CC1CCC2(O)C3(C)CC4(O)OC2(C(=O)C4(C)C(O)(C(C)C)C(OC(=O)c2ccc[nH]2)C3=O)C1O. The van der Waals surface area contributed by atoms with Gasteiger partial charge in [-0.1, -0.05) is 20.8 Å². The second kappa shape index (κ2) is 6.80. The lowest BCUT2D eigenvalue weighted by molar-refractivity contribution is -0.383. The Kier molecular flexibility index (Phi) is 4.78. The molecule has 0 amide bonds. The van der Waals surface area contributed by atoms with Gasteiger partial charge in [-0.3, -0.25) is 9.59 Å². The number of ether oxygens (including phenoxy) is 2. The summed E-state index contributed by atoms with van der Waals surface area (Å²) in [5.74, 6) is -6.48. The average molecular weight is 492 g/mol. The molecule has 4 aliphatic rings. The van der Waals surface area contributed by atoms with E-state index in [9.17, 15) is 34.8 Å². The number of carbonyl (C=O) groups is 3. The summed E-state index contributed by atoms with van der Waals surface area (Å²) in [6.07, 6.45) is -2.26. The number of Topliss-reactive ketones (excluding diaryl/α,β-unsaturated/α-hetero) is 2. The maximum Gasteiger partial charge on any atom is 0.355 e. The number of carbonyl (C=O) groups excluding carboxylic acids is 3. The zero-order chi connectivity index (χ0) is 26.0. The number of nitrogens with one attached hydrogen (secondary N) is 1. The lowest BCUT2D eigenvalue weighted by atomic mass is 9.48. The number of aliphatic hydroxyl groups is 4. The van der Waals surface area contributed by atoms with Crippen LogP contribution in [0.4, 0.5) is 0 Å². The van der Waals surface area contributed by atoms with Crippen LogP contribution < -0.4 is 0 Å². The fourth-order valence-electron chi connectivity index (χ4n) is 7.57. The van der Waals surface area contributed by atoms with E-state index in [4.69, 9.17) is 9.47 Å². The van der Waals surface area contributed by atoms with E-state index in [1.54, 1.807) is 26.8 Å². The van der Waals surface area contributed by atoms with Gasteiger partial charge in [0.2, 0.25) is 0 Å². The summed E-state index contributed by atoms with van der Waals surface area (Å²) in [6, 6.07) is 2.99. The Bertz CT molecular complexity index is 1120. The number of aliphatic hydroxyl groups excluding tert-OH is 1. The Hall–Kier alpha value is -2.11. The van der Waals surface area contributed by atoms with Gasteiger partial charge in [0, 0.05) is 12.6 Å². The van der Waals surface area contributed by atoms with Crippen LogP contribution in [0.2, 0.25) is 0 Å². The summed E-state index contributed by atoms with van der Waals surface area (Å²) in [7, 11) is 0. The number of ketones is 2. The molecule has 10 nitrogen and oxygen atoms in total.